The van der Waals surface area contributed by atoms with Gasteiger partial charge in [-0.2, -0.15) is 5.10 Å². The first-order valence-electron chi connectivity index (χ1n) is 7.15. The van der Waals surface area contributed by atoms with E-state index in [9.17, 15) is 4.79 Å². The van der Waals surface area contributed by atoms with Gasteiger partial charge in [0.15, 0.2) is 0 Å². The zero-order chi connectivity index (χ0) is 15.1. The van der Waals surface area contributed by atoms with Crippen molar-refractivity contribution in [1.29, 1.82) is 0 Å². The molecule has 1 aromatic carbocycles. The van der Waals surface area contributed by atoms with Crippen LogP contribution in [0.15, 0.2) is 36.5 Å². The monoisotopic (exact) mass is 305 g/mol. The van der Waals surface area contributed by atoms with E-state index >= 15 is 0 Å². The van der Waals surface area contributed by atoms with Crippen LogP contribution in [-0.2, 0) is 17.8 Å². The highest BCUT2D eigenvalue weighted by Gasteiger charge is 2.03. The van der Waals surface area contributed by atoms with Gasteiger partial charge in [0.1, 0.15) is 0 Å². The molecule has 0 aliphatic carbocycles. The summed E-state index contributed by atoms with van der Waals surface area (Å²) in [7, 11) is 0. The number of rotatable bonds is 7. The fourth-order valence-corrected chi connectivity index (χ4v) is 2.22. The van der Waals surface area contributed by atoms with Crippen LogP contribution in [0.5, 0.6) is 0 Å². The van der Waals surface area contributed by atoms with Gasteiger partial charge in [-0.3, -0.25) is 9.48 Å². The van der Waals surface area contributed by atoms with Crippen LogP contribution in [-0.4, -0.2) is 22.2 Å². The highest BCUT2D eigenvalue weighted by Crippen LogP contribution is 2.11. The molecule has 0 fully saturated rings. The Balaban J connectivity index is 1.61. The van der Waals surface area contributed by atoms with Crippen molar-refractivity contribution in [3.63, 3.8) is 0 Å². The topological polar surface area (TPSA) is 46.9 Å². The van der Waals surface area contributed by atoms with Crippen LogP contribution in [0.1, 0.15) is 24.1 Å². The Kier molecular flexibility index (Phi) is 5.81. The molecule has 2 aromatic rings. The quantitative estimate of drug-likeness (QED) is 0.799. The maximum Gasteiger partial charge on any atom is 0.220 e. The number of carbonyl (C=O) groups is 1. The Morgan fingerprint density at radius 1 is 1.33 bits per heavy atom. The van der Waals surface area contributed by atoms with Crippen molar-refractivity contribution in [3.05, 3.63) is 52.8 Å². The molecular formula is C16H20ClN3O. The lowest BCUT2D eigenvalue weighted by Crippen LogP contribution is -2.25. The number of benzene rings is 1. The molecule has 0 aliphatic rings. The highest BCUT2D eigenvalue weighted by atomic mass is 35.5. The second-order valence-corrected chi connectivity index (χ2v) is 5.42. The summed E-state index contributed by atoms with van der Waals surface area (Å²) < 4.78 is 1.81. The molecule has 1 aromatic heterocycles. The van der Waals surface area contributed by atoms with E-state index in [0.29, 0.717) is 18.0 Å². The molecule has 21 heavy (non-hydrogen) atoms. The lowest BCUT2D eigenvalue weighted by Gasteiger charge is -2.05. The van der Waals surface area contributed by atoms with Crippen LogP contribution in [0.4, 0.5) is 0 Å². The molecule has 4 nitrogen and oxygen atoms in total. The van der Waals surface area contributed by atoms with E-state index in [1.54, 1.807) is 0 Å². The molecule has 0 spiro atoms. The second kappa shape index (κ2) is 7.84. The summed E-state index contributed by atoms with van der Waals surface area (Å²) in [6.45, 7) is 3.29. The lowest BCUT2D eigenvalue weighted by atomic mass is 10.1. The maximum atomic E-state index is 11.7. The highest BCUT2D eigenvalue weighted by molar-refractivity contribution is 6.31. The molecule has 0 atom stereocenters. The van der Waals surface area contributed by atoms with Gasteiger partial charge >= 0.3 is 0 Å². The predicted octanol–water partition coefficient (Wildman–Crippen LogP) is 2.98. The average Bonchev–Trinajstić information content (AvgIpc) is 2.81. The molecule has 0 saturated carbocycles. The van der Waals surface area contributed by atoms with E-state index in [1.807, 2.05) is 48.1 Å². The summed E-state index contributed by atoms with van der Waals surface area (Å²) in [5.41, 5.74) is 2.03. The van der Waals surface area contributed by atoms with Crippen LogP contribution in [0.3, 0.4) is 0 Å². The Morgan fingerprint density at radius 2 is 2.10 bits per heavy atom. The maximum absolute atomic E-state index is 11.7. The van der Waals surface area contributed by atoms with Gasteiger partial charge in [-0.15, -0.1) is 0 Å². The SMILES string of the molecule is Cc1nn(CCCNC(=O)CCc2ccccc2)cc1Cl. The molecule has 1 amide bonds. The van der Waals surface area contributed by atoms with Crippen molar-refractivity contribution < 1.29 is 4.79 Å². The minimum absolute atomic E-state index is 0.0912. The summed E-state index contributed by atoms with van der Waals surface area (Å²) >= 11 is 5.94. The molecule has 0 radical (unpaired) electrons. The molecule has 5 heteroatoms. The van der Waals surface area contributed by atoms with Gasteiger partial charge in [0.25, 0.3) is 0 Å². The van der Waals surface area contributed by atoms with Gasteiger partial charge in [-0.05, 0) is 25.3 Å². The Labute approximate surface area is 130 Å². The molecular weight excluding hydrogens is 286 g/mol. The molecule has 1 heterocycles. The normalized spacial score (nSPS) is 10.6. The number of aryl methyl sites for hydroxylation is 3. The van der Waals surface area contributed by atoms with Gasteiger partial charge in [0, 0.05) is 25.7 Å². The minimum atomic E-state index is 0.0912. The standard InChI is InChI=1S/C16H20ClN3O/c1-13-15(17)12-20(19-13)11-5-10-18-16(21)9-8-14-6-3-2-4-7-14/h2-4,6-7,12H,5,8-11H2,1H3,(H,18,21). The fraction of sp³-hybridized carbons (Fsp3) is 0.375. The van der Waals surface area contributed by atoms with Gasteiger partial charge in [0.05, 0.1) is 10.7 Å². The van der Waals surface area contributed by atoms with Gasteiger partial charge < -0.3 is 5.32 Å². The van der Waals surface area contributed by atoms with Crippen LogP contribution < -0.4 is 5.32 Å². The van der Waals surface area contributed by atoms with E-state index in [2.05, 4.69) is 10.4 Å². The van der Waals surface area contributed by atoms with E-state index in [4.69, 9.17) is 11.6 Å². The lowest BCUT2D eigenvalue weighted by molar-refractivity contribution is -0.121. The summed E-state index contributed by atoms with van der Waals surface area (Å²) in [4.78, 5) is 11.7. The van der Waals surface area contributed by atoms with Crippen molar-refractivity contribution in [2.24, 2.45) is 0 Å². The van der Waals surface area contributed by atoms with E-state index in [1.165, 1.54) is 5.56 Å². The molecule has 1 N–H and O–H groups in total. The van der Waals surface area contributed by atoms with Crippen molar-refractivity contribution in [2.75, 3.05) is 6.54 Å². The number of carbonyl (C=O) groups excluding carboxylic acids is 1. The molecule has 112 valence electrons. The average molecular weight is 306 g/mol. The number of nitrogens with zero attached hydrogens (tertiary/aromatic N) is 2. The Morgan fingerprint density at radius 3 is 2.76 bits per heavy atom. The van der Waals surface area contributed by atoms with Crippen LogP contribution >= 0.6 is 11.6 Å². The number of hydrogen-bond acceptors (Lipinski definition) is 2. The first-order chi connectivity index (χ1) is 10.1. The third kappa shape index (κ3) is 5.23. The smallest absolute Gasteiger partial charge is 0.220 e. The second-order valence-electron chi connectivity index (χ2n) is 5.01. The van der Waals surface area contributed by atoms with E-state index in [0.717, 1.165) is 25.1 Å². The molecule has 0 saturated heterocycles. The number of nitrogens with one attached hydrogen (secondary N) is 1. The summed E-state index contributed by atoms with van der Waals surface area (Å²) in [5, 5.41) is 7.89. The summed E-state index contributed by atoms with van der Waals surface area (Å²) in [5.74, 6) is 0.0912. The molecule has 2 rings (SSSR count). The zero-order valence-electron chi connectivity index (χ0n) is 12.2. The third-order valence-corrected chi connectivity index (χ3v) is 3.63. The van der Waals surface area contributed by atoms with Crippen molar-refractivity contribution in [2.45, 2.75) is 32.7 Å². The van der Waals surface area contributed by atoms with Gasteiger partial charge in [0.2, 0.25) is 5.91 Å². The van der Waals surface area contributed by atoms with Gasteiger partial charge in [-0.25, -0.2) is 0 Å². The Bertz CT molecular complexity index is 561. The van der Waals surface area contributed by atoms with Crippen molar-refractivity contribution in [3.8, 4) is 0 Å². The first kappa shape index (κ1) is 15.6. The number of hydrogen-bond donors (Lipinski definition) is 1. The number of amides is 1. The predicted molar refractivity (Wildman–Crippen MR) is 84.4 cm³/mol. The van der Waals surface area contributed by atoms with Crippen molar-refractivity contribution >= 4 is 17.5 Å². The van der Waals surface area contributed by atoms with Crippen molar-refractivity contribution in [1.82, 2.24) is 15.1 Å². The Hall–Kier alpha value is -1.81. The van der Waals surface area contributed by atoms with Gasteiger partial charge in [-0.1, -0.05) is 41.9 Å². The molecule has 0 unspecified atom stereocenters. The number of halogens is 1. The summed E-state index contributed by atoms with van der Waals surface area (Å²) in [6.07, 6.45) is 3.96. The summed E-state index contributed by atoms with van der Waals surface area (Å²) in [6, 6.07) is 10.0. The van der Waals surface area contributed by atoms with Crippen LogP contribution in [0, 0.1) is 6.92 Å². The largest absolute Gasteiger partial charge is 0.356 e. The molecule has 0 bridgehead atoms. The minimum Gasteiger partial charge on any atom is -0.356 e. The third-order valence-electron chi connectivity index (χ3n) is 3.26. The van der Waals surface area contributed by atoms with Crippen LogP contribution in [0.25, 0.3) is 0 Å². The first-order valence-corrected chi connectivity index (χ1v) is 7.53. The molecule has 0 aliphatic heterocycles. The zero-order valence-corrected chi connectivity index (χ0v) is 12.9. The number of aromatic nitrogens is 2. The fourth-order valence-electron chi connectivity index (χ4n) is 2.07. The van der Waals surface area contributed by atoms with Crippen LogP contribution in [0.2, 0.25) is 5.02 Å². The van der Waals surface area contributed by atoms with E-state index in [-0.39, 0.29) is 5.91 Å². The van der Waals surface area contributed by atoms with E-state index < -0.39 is 0 Å².